The molecule has 0 aromatic heterocycles. The van der Waals surface area contributed by atoms with E-state index in [-0.39, 0.29) is 18.1 Å². The molecule has 0 unspecified atom stereocenters. The number of halogens is 1. The highest BCUT2D eigenvalue weighted by Crippen LogP contribution is 2.28. The third-order valence-corrected chi connectivity index (χ3v) is 5.64. The molecule has 2 heterocycles. The summed E-state index contributed by atoms with van der Waals surface area (Å²) in [6.45, 7) is 4.30. The zero-order valence-electron chi connectivity index (χ0n) is 16.7. The van der Waals surface area contributed by atoms with Crippen molar-refractivity contribution >= 4 is 17.3 Å². The molecule has 2 aromatic carbocycles. The van der Waals surface area contributed by atoms with Gasteiger partial charge >= 0.3 is 0 Å². The van der Waals surface area contributed by atoms with E-state index < -0.39 is 5.60 Å². The number of nitrogens with one attached hydrogen (secondary N) is 1. The topological polar surface area (TPSA) is 53.9 Å². The first kappa shape index (κ1) is 19.4. The summed E-state index contributed by atoms with van der Waals surface area (Å²) in [6, 6.07) is 14.7. The van der Waals surface area contributed by atoms with Crippen LogP contribution in [0.1, 0.15) is 43.7 Å². The third kappa shape index (κ3) is 4.26. The van der Waals surface area contributed by atoms with E-state index in [1.165, 1.54) is 31.0 Å². The molecule has 0 radical (unpaired) electrons. The molecule has 0 saturated carbocycles. The Balaban J connectivity index is 1.33. The van der Waals surface area contributed by atoms with E-state index >= 15 is 0 Å². The van der Waals surface area contributed by atoms with Crippen molar-refractivity contribution in [1.29, 1.82) is 0 Å². The molecule has 1 saturated heterocycles. The van der Waals surface area contributed by atoms with Gasteiger partial charge in [0, 0.05) is 37.3 Å². The minimum atomic E-state index is -1.13. The van der Waals surface area contributed by atoms with Crippen molar-refractivity contribution in [3.8, 4) is 0 Å². The maximum absolute atomic E-state index is 14.0. The maximum Gasteiger partial charge on any atom is 0.267 e. The Bertz CT molecular complexity index is 907. The lowest BCUT2D eigenvalue weighted by Gasteiger charge is -2.29. The smallest absolute Gasteiger partial charge is 0.267 e. The molecule has 1 atom stereocenters. The van der Waals surface area contributed by atoms with Crippen LogP contribution >= 0.6 is 0 Å². The first-order chi connectivity index (χ1) is 14.0. The van der Waals surface area contributed by atoms with Gasteiger partial charge in [0.05, 0.1) is 5.71 Å². The summed E-state index contributed by atoms with van der Waals surface area (Å²) in [5.74, 6) is -0.624. The van der Waals surface area contributed by atoms with Gasteiger partial charge in [-0.1, -0.05) is 35.5 Å². The van der Waals surface area contributed by atoms with E-state index in [4.69, 9.17) is 4.84 Å². The van der Waals surface area contributed by atoms with Crippen LogP contribution in [0.5, 0.6) is 0 Å². The highest BCUT2D eigenvalue weighted by Gasteiger charge is 2.42. The van der Waals surface area contributed by atoms with Crippen LogP contribution in [0.25, 0.3) is 0 Å². The van der Waals surface area contributed by atoms with Crippen molar-refractivity contribution in [3.63, 3.8) is 0 Å². The van der Waals surface area contributed by atoms with Crippen LogP contribution in [0.2, 0.25) is 0 Å². The van der Waals surface area contributed by atoms with Crippen molar-refractivity contribution in [1.82, 2.24) is 5.32 Å². The number of benzene rings is 2. The average Bonchev–Trinajstić information content (AvgIpc) is 3.16. The van der Waals surface area contributed by atoms with Crippen LogP contribution in [-0.4, -0.2) is 30.3 Å². The van der Waals surface area contributed by atoms with Gasteiger partial charge in [0.1, 0.15) is 5.82 Å². The molecule has 0 bridgehead atoms. The zero-order valence-corrected chi connectivity index (χ0v) is 16.7. The number of rotatable bonds is 5. The number of anilines is 1. The summed E-state index contributed by atoms with van der Waals surface area (Å²) in [7, 11) is 0. The second-order valence-electron chi connectivity index (χ2n) is 7.91. The lowest BCUT2D eigenvalue weighted by molar-refractivity contribution is -0.141. The normalized spacial score (nSPS) is 21.4. The monoisotopic (exact) mass is 395 g/mol. The van der Waals surface area contributed by atoms with Gasteiger partial charge in [0.25, 0.3) is 5.91 Å². The van der Waals surface area contributed by atoms with Crippen molar-refractivity contribution in [2.75, 3.05) is 18.0 Å². The highest BCUT2D eigenvalue weighted by molar-refractivity contribution is 6.05. The Hall–Kier alpha value is -2.89. The van der Waals surface area contributed by atoms with Crippen LogP contribution < -0.4 is 10.2 Å². The van der Waals surface area contributed by atoms with Gasteiger partial charge in [-0.2, -0.15) is 0 Å². The average molecular weight is 395 g/mol. The Morgan fingerprint density at radius 2 is 1.86 bits per heavy atom. The molecule has 29 heavy (non-hydrogen) atoms. The van der Waals surface area contributed by atoms with E-state index in [2.05, 4.69) is 27.5 Å². The molecule has 1 amide bonds. The fraction of sp³-hybridized carbons (Fsp3) is 0.391. The van der Waals surface area contributed by atoms with Crippen LogP contribution in [0.15, 0.2) is 53.7 Å². The zero-order chi connectivity index (χ0) is 20.3. The standard InChI is InChI=1S/C23H26FN3O2/c1-23(15-21(26-29-23)19-7-3-4-8-20(19)24)22(28)25-16-17-9-11-18(12-10-17)27-13-5-2-6-14-27/h3-4,7-12H,2,5-6,13-16H2,1H3,(H,25,28)/t23-/m1/s1. The predicted octanol–water partition coefficient (Wildman–Crippen LogP) is 4.02. The number of hydrogen-bond acceptors (Lipinski definition) is 4. The highest BCUT2D eigenvalue weighted by atomic mass is 19.1. The quantitative estimate of drug-likeness (QED) is 0.832. The van der Waals surface area contributed by atoms with Crippen molar-refractivity contribution < 1.29 is 14.0 Å². The summed E-state index contributed by atoms with van der Waals surface area (Å²) in [5, 5.41) is 6.89. The van der Waals surface area contributed by atoms with E-state index in [0.717, 1.165) is 18.7 Å². The molecular formula is C23H26FN3O2. The van der Waals surface area contributed by atoms with Crippen LogP contribution in [0, 0.1) is 5.82 Å². The number of amides is 1. The van der Waals surface area contributed by atoms with E-state index in [1.54, 1.807) is 25.1 Å². The second kappa shape index (κ2) is 8.23. The minimum absolute atomic E-state index is 0.230. The maximum atomic E-state index is 14.0. The minimum Gasteiger partial charge on any atom is -0.379 e. The van der Waals surface area contributed by atoms with Gasteiger partial charge in [0.2, 0.25) is 5.60 Å². The number of oxime groups is 1. The number of carbonyl (C=O) groups is 1. The molecule has 152 valence electrons. The lowest BCUT2D eigenvalue weighted by atomic mass is 9.95. The molecule has 5 nitrogen and oxygen atoms in total. The van der Waals surface area contributed by atoms with Gasteiger partial charge in [-0.15, -0.1) is 0 Å². The predicted molar refractivity (Wildman–Crippen MR) is 111 cm³/mol. The number of piperidine rings is 1. The van der Waals surface area contributed by atoms with Crippen LogP contribution in [0.4, 0.5) is 10.1 Å². The third-order valence-electron chi connectivity index (χ3n) is 5.64. The molecule has 6 heteroatoms. The molecule has 2 aromatic rings. The van der Waals surface area contributed by atoms with Gasteiger partial charge in [-0.3, -0.25) is 4.79 Å². The summed E-state index contributed by atoms with van der Waals surface area (Å²) in [4.78, 5) is 20.5. The molecule has 1 N–H and O–H groups in total. The summed E-state index contributed by atoms with van der Waals surface area (Å²) in [5.41, 5.74) is 1.94. The largest absolute Gasteiger partial charge is 0.379 e. The summed E-state index contributed by atoms with van der Waals surface area (Å²) >= 11 is 0. The van der Waals surface area contributed by atoms with Crippen molar-refractivity contribution in [2.45, 2.75) is 44.8 Å². The Kier molecular flexibility index (Phi) is 5.51. The molecule has 1 fully saturated rings. The molecule has 0 aliphatic carbocycles. The molecule has 4 rings (SSSR count). The van der Waals surface area contributed by atoms with E-state index in [9.17, 15) is 9.18 Å². The number of nitrogens with zero attached hydrogens (tertiary/aromatic N) is 2. The van der Waals surface area contributed by atoms with Crippen molar-refractivity contribution in [3.05, 3.63) is 65.5 Å². The second-order valence-corrected chi connectivity index (χ2v) is 7.91. The van der Waals surface area contributed by atoms with Gasteiger partial charge in [0.15, 0.2) is 0 Å². The Morgan fingerprint density at radius 1 is 1.14 bits per heavy atom. The Labute approximate surface area is 170 Å². The first-order valence-electron chi connectivity index (χ1n) is 10.2. The van der Waals surface area contributed by atoms with Gasteiger partial charge < -0.3 is 15.1 Å². The van der Waals surface area contributed by atoms with E-state index in [1.807, 2.05) is 12.1 Å². The fourth-order valence-electron chi connectivity index (χ4n) is 3.85. The van der Waals surface area contributed by atoms with E-state index in [0.29, 0.717) is 17.8 Å². The SMILES string of the molecule is C[C@]1(C(=O)NCc2ccc(N3CCCCC3)cc2)CC(c2ccccc2F)=NO1. The number of carbonyl (C=O) groups excluding carboxylic acids is 1. The summed E-state index contributed by atoms with van der Waals surface area (Å²) < 4.78 is 14.0. The van der Waals surface area contributed by atoms with Crippen LogP contribution in [0.3, 0.4) is 0 Å². The van der Waals surface area contributed by atoms with Crippen LogP contribution in [-0.2, 0) is 16.2 Å². The van der Waals surface area contributed by atoms with Crippen molar-refractivity contribution in [2.24, 2.45) is 5.16 Å². The fourth-order valence-corrected chi connectivity index (χ4v) is 3.85. The van der Waals surface area contributed by atoms with Gasteiger partial charge in [-0.05, 0) is 49.9 Å². The van der Waals surface area contributed by atoms with Gasteiger partial charge in [-0.25, -0.2) is 4.39 Å². The number of hydrogen-bond donors (Lipinski definition) is 1. The molecule has 0 spiro atoms. The summed E-state index contributed by atoms with van der Waals surface area (Å²) in [6.07, 6.45) is 4.03. The first-order valence-corrected chi connectivity index (χ1v) is 10.2. The molecular weight excluding hydrogens is 369 g/mol. The lowest BCUT2D eigenvalue weighted by Crippen LogP contribution is -2.44. The molecule has 2 aliphatic rings. The Morgan fingerprint density at radius 3 is 2.59 bits per heavy atom. The molecule has 2 aliphatic heterocycles.